The van der Waals surface area contributed by atoms with E-state index in [-0.39, 0.29) is 0 Å². The molecule has 0 aromatic rings. The van der Waals surface area contributed by atoms with Crippen molar-refractivity contribution in [2.24, 2.45) is 0 Å². The second kappa shape index (κ2) is 5.92. The summed E-state index contributed by atoms with van der Waals surface area (Å²) in [6.45, 7) is 22.5. The molecule has 1 rings (SSSR count). The molecule has 0 radical (unpaired) electrons. The lowest BCUT2D eigenvalue weighted by molar-refractivity contribution is -0.132. The zero-order valence-corrected chi connectivity index (χ0v) is 18.8. The molecule has 1 aliphatic heterocycles. The first-order valence-electron chi connectivity index (χ1n) is 7.88. The predicted octanol–water partition coefficient (Wildman–Crippen LogP) is 3.84. The van der Waals surface area contributed by atoms with Crippen molar-refractivity contribution in [1.29, 1.82) is 0 Å². The van der Waals surface area contributed by atoms with E-state index in [9.17, 15) is 4.79 Å². The van der Waals surface area contributed by atoms with Gasteiger partial charge in [0.1, 0.15) is 0 Å². The Bertz CT molecular complexity index is 426. The van der Waals surface area contributed by atoms with Crippen molar-refractivity contribution >= 4 is 34.6 Å². The summed E-state index contributed by atoms with van der Waals surface area (Å²) >= 11 is 0. The number of hydrogen-bond acceptors (Lipinski definition) is 2. The fourth-order valence-corrected chi connectivity index (χ4v) is 133. The summed E-state index contributed by atoms with van der Waals surface area (Å²) in [5.41, 5.74) is 0.319. The minimum atomic E-state index is -1.49. The first-order valence-corrected chi connectivity index (χ1v) is 23.3. The highest BCUT2D eigenvalue weighted by molar-refractivity contribution is 8.12. The second-order valence-corrected chi connectivity index (χ2v) is 54.5. The minimum absolute atomic E-state index is 0.319. The summed E-state index contributed by atoms with van der Waals surface area (Å²) < 4.78 is 6.59. The van der Waals surface area contributed by atoms with E-state index >= 15 is 0 Å². The van der Waals surface area contributed by atoms with Gasteiger partial charge in [-0.25, -0.2) is 4.79 Å². The molecule has 0 saturated carbocycles. The smallest absolute Gasteiger partial charge is 0.330 e. The van der Waals surface area contributed by atoms with Crippen LogP contribution in [0.4, 0.5) is 0 Å². The molecule has 0 aromatic heterocycles. The lowest BCUT2D eigenvalue weighted by Crippen LogP contribution is -3.02. The van der Waals surface area contributed by atoms with Gasteiger partial charge in [0.25, 0.3) is 0 Å². The Balaban J connectivity index is 2.52. The Morgan fingerprint density at radius 3 is 1.86 bits per heavy atom. The van der Waals surface area contributed by atoms with Gasteiger partial charge in [-0.05, 0) is 19.3 Å². The van der Waals surface area contributed by atoms with Gasteiger partial charge in [-0.2, -0.15) is 0 Å². The van der Waals surface area contributed by atoms with Crippen LogP contribution in [0, 0.1) is 0 Å². The number of hydrogen-bond donors (Lipinski definition) is 1. The zero-order chi connectivity index (χ0) is 16.7. The molecule has 1 fully saturated rings. The van der Waals surface area contributed by atoms with Gasteiger partial charge in [0.15, 0.2) is 7.35 Å². The highest BCUT2D eigenvalue weighted by Crippen LogP contribution is 2.51. The Kier molecular flexibility index (Phi) is 5.38. The average Bonchev–Trinajstić information content (AvgIpc) is 2.35. The SMILES string of the molecule is C=C(CCCCO[Si]1(C)[Si](C)(C)[Si](C)(C)[Si]1(C)C)C(=O)O. The van der Waals surface area contributed by atoms with E-state index in [0.717, 1.165) is 19.4 Å². The maximum atomic E-state index is 10.7. The van der Waals surface area contributed by atoms with Crippen molar-refractivity contribution in [2.45, 2.75) is 65.1 Å². The Morgan fingerprint density at radius 2 is 1.43 bits per heavy atom. The number of carboxylic acid groups (broad SMARTS) is 1. The topological polar surface area (TPSA) is 46.5 Å². The second-order valence-electron chi connectivity index (χ2n) is 8.12. The molecular weight excluding hydrogens is 328 g/mol. The van der Waals surface area contributed by atoms with Crippen molar-refractivity contribution in [3.8, 4) is 0 Å². The number of rotatable bonds is 7. The molecule has 1 aliphatic rings. The van der Waals surface area contributed by atoms with Crippen LogP contribution in [0.5, 0.6) is 0 Å². The fourth-order valence-electron chi connectivity index (χ4n) is 3.88. The van der Waals surface area contributed by atoms with Crippen molar-refractivity contribution in [2.75, 3.05) is 6.61 Å². The summed E-state index contributed by atoms with van der Waals surface area (Å²) in [5, 5.41) is 8.80. The number of carboxylic acids is 1. The van der Waals surface area contributed by atoms with Gasteiger partial charge in [-0.3, -0.25) is 0 Å². The van der Waals surface area contributed by atoms with E-state index < -0.39 is 34.6 Å². The highest BCUT2D eigenvalue weighted by Gasteiger charge is 2.79. The van der Waals surface area contributed by atoms with Gasteiger partial charge in [-0.15, -0.1) is 0 Å². The van der Waals surface area contributed by atoms with E-state index in [1.807, 2.05) is 0 Å². The molecule has 0 atom stereocenters. The van der Waals surface area contributed by atoms with Crippen LogP contribution in [-0.4, -0.2) is 46.4 Å². The quantitative estimate of drug-likeness (QED) is 0.426. The third-order valence-corrected chi connectivity index (χ3v) is 104. The van der Waals surface area contributed by atoms with Crippen LogP contribution in [0.25, 0.3) is 0 Å². The Morgan fingerprint density at radius 1 is 0.952 bits per heavy atom. The standard InChI is InChI=1S/C14H32O3Si4/c1-13(14(15)16)11-9-10-12-17-21(8)19(4,5)18(2,3)20(21,6)7/h1,9-12H2,2-8H3,(H,15,16). The first-order chi connectivity index (χ1) is 9.33. The van der Waals surface area contributed by atoms with Crippen LogP contribution in [0.3, 0.4) is 0 Å². The van der Waals surface area contributed by atoms with Crippen LogP contribution >= 0.6 is 0 Å². The van der Waals surface area contributed by atoms with Gasteiger partial charge < -0.3 is 9.53 Å². The molecule has 3 nitrogen and oxygen atoms in total. The molecule has 0 amide bonds. The number of aliphatic carboxylic acids is 1. The third-order valence-electron chi connectivity index (χ3n) is 7.08. The van der Waals surface area contributed by atoms with E-state index in [0.29, 0.717) is 12.0 Å². The molecule has 21 heavy (non-hydrogen) atoms. The molecule has 1 heterocycles. The molecule has 1 N–H and O–H groups in total. The van der Waals surface area contributed by atoms with E-state index in [4.69, 9.17) is 9.53 Å². The summed E-state index contributed by atoms with van der Waals surface area (Å²) in [5.74, 6) is -0.869. The van der Waals surface area contributed by atoms with Crippen LogP contribution in [-0.2, 0) is 9.22 Å². The molecule has 7 heteroatoms. The van der Waals surface area contributed by atoms with E-state index in [1.54, 1.807) is 0 Å². The molecule has 0 spiro atoms. The minimum Gasteiger partial charge on any atom is -0.478 e. The normalized spacial score (nSPS) is 24.1. The van der Waals surface area contributed by atoms with Crippen molar-refractivity contribution in [1.82, 2.24) is 0 Å². The summed E-state index contributed by atoms with van der Waals surface area (Å²) in [7, 11) is -4.83. The highest BCUT2D eigenvalue weighted by atomic mass is 30.2. The van der Waals surface area contributed by atoms with Gasteiger partial charge >= 0.3 is 5.97 Å². The van der Waals surface area contributed by atoms with Gasteiger partial charge in [0, 0.05) is 19.3 Å². The van der Waals surface area contributed by atoms with Crippen LogP contribution in [0.15, 0.2) is 12.2 Å². The molecule has 0 unspecified atom stereocenters. The number of unbranched alkanes of at least 4 members (excludes halogenated alkanes) is 1. The lowest BCUT2D eigenvalue weighted by atomic mass is 10.1. The van der Waals surface area contributed by atoms with Crippen LogP contribution in [0.2, 0.25) is 45.8 Å². The predicted molar refractivity (Wildman–Crippen MR) is 101 cm³/mol. The monoisotopic (exact) mass is 360 g/mol. The lowest BCUT2D eigenvalue weighted by Gasteiger charge is -2.71. The Hall–Kier alpha value is 0.0375. The largest absolute Gasteiger partial charge is 0.478 e. The van der Waals surface area contributed by atoms with E-state index in [2.05, 4.69) is 52.4 Å². The maximum absolute atomic E-state index is 10.7. The summed E-state index contributed by atoms with van der Waals surface area (Å²) in [4.78, 5) is 10.7. The molecular formula is C14H32O3Si4. The van der Waals surface area contributed by atoms with Crippen molar-refractivity contribution in [3.05, 3.63) is 12.2 Å². The zero-order valence-electron chi connectivity index (χ0n) is 14.8. The van der Waals surface area contributed by atoms with Crippen LogP contribution in [0.1, 0.15) is 19.3 Å². The third kappa shape index (κ3) is 2.71. The summed E-state index contributed by atoms with van der Waals surface area (Å²) in [6, 6.07) is 0. The van der Waals surface area contributed by atoms with Gasteiger partial charge in [0.05, 0.1) is 14.2 Å². The fraction of sp³-hybridized carbons (Fsp3) is 0.786. The molecule has 122 valence electrons. The summed E-state index contributed by atoms with van der Waals surface area (Å²) in [6.07, 6.45) is 2.42. The molecule has 1 saturated heterocycles. The first kappa shape index (κ1) is 19.1. The molecule has 0 aliphatic carbocycles. The van der Waals surface area contributed by atoms with Gasteiger partial charge in [0.2, 0.25) is 0 Å². The molecule has 0 aromatic carbocycles. The van der Waals surface area contributed by atoms with Gasteiger partial charge in [-0.1, -0.05) is 52.4 Å². The Labute approximate surface area is 133 Å². The molecule has 0 bridgehead atoms. The van der Waals surface area contributed by atoms with Crippen molar-refractivity contribution in [3.63, 3.8) is 0 Å². The average molecular weight is 361 g/mol. The number of carbonyl (C=O) groups is 1. The maximum Gasteiger partial charge on any atom is 0.330 e. The van der Waals surface area contributed by atoms with Crippen molar-refractivity contribution < 1.29 is 14.3 Å². The van der Waals surface area contributed by atoms with Crippen LogP contribution < -0.4 is 0 Å². The van der Waals surface area contributed by atoms with E-state index in [1.165, 1.54) is 0 Å².